The Morgan fingerprint density at radius 2 is 1.94 bits per heavy atom. The molecule has 1 aliphatic heterocycles. The van der Waals surface area contributed by atoms with Gasteiger partial charge in [0.15, 0.2) is 0 Å². The van der Waals surface area contributed by atoms with Crippen molar-refractivity contribution in [2.24, 2.45) is 0 Å². The number of allylic oxidation sites excluding steroid dienone is 1. The predicted molar refractivity (Wildman–Crippen MR) is 86.7 cm³/mol. The molecule has 0 radical (unpaired) electrons. The second-order valence-corrected chi connectivity index (χ2v) is 6.54. The summed E-state index contributed by atoms with van der Waals surface area (Å²) < 4.78 is 0. The van der Waals surface area contributed by atoms with E-state index in [1.807, 2.05) is 0 Å². The molecule has 0 bridgehead atoms. The monoisotopic (exact) mass is 238 g/mol. The van der Waals surface area contributed by atoms with E-state index in [0.717, 1.165) is 6.44 Å². The van der Waals surface area contributed by atoms with E-state index in [-0.39, 0.29) is 6.15 Å². The zero-order valence-electron chi connectivity index (χ0n) is 11.9. The van der Waals surface area contributed by atoms with Crippen molar-refractivity contribution in [2.45, 2.75) is 27.4 Å². The van der Waals surface area contributed by atoms with Gasteiger partial charge in [0.05, 0.1) is 0 Å². The third kappa shape index (κ3) is 2.90. The molecule has 2 rings (SSSR count). The van der Waals surface area contributed by atoms with E-state index in [0.29, 0.717) is 6.85 Å². The van der Waals surface area contributed by atoms with Crippen LogP contribution >= 0.6 is 0 Å². The molecule has 0 fully saturated rings. The minimum Gasteiger partial charge on any atom is -0.442 e. The summed E-state index contributed by atoms with van der Waals surface area (Å²) in [4.78, 5) is 2.52. The first-order chi connectivity index (χ1) is 8.51. The SMILES string of the molecule is C/C=C/B1C=Cc2ccccc2N1C[B-](C)(C)C. The first kappa shape index (κ1) is 13.1. The van der Waals surface area contributed by atoms with Gasteiger partial charge in [-0.1, -0.05) is 42.3 Å². The Bertz CT molecular complexity index is 472. The molecule has 0 N–H and O–H groups in total. The smallest absolute Gasteiger partial charge is 0.305 e. The standard InChI is InChI=1S/C15H22B2N/c1-5-11-16-12-10-14-8-6-7-9-15(14)18(16)13-17(2,3)4/h5-12H,13H2,1-4H3/q-1/b11-5+. The quantitative estimate of drug-likeness (QED) is 0.718. The molecular formula is C15H22B2N-. The Hall–Kier alpha value is -1.37. The zero-order chi connectivity index (χ0) is 13.2. The molecule has 18 heavy (non-hydrogen) atoms. The van der Waals surface area contributed by atoms with Gasteiger partial charge in [0, 0.05) is 11.8 Å². The van der Waals surface area contributed by atoms with E-state index in [1.54, 1.807) is 0 Å². The van der Waals surface area contributed by atoms with Crippen LogP contribution in [0.1, 0.15) is 12.5 Å². The van der Waals surface area contributed by atoms with Crippen LogP contribution in [-0.4, -0.2) is 19.4 Å². The van der Waals surface area contributed by atoms with E-state index in [4.69, 9.17) is 0 Å². The van der Waals surface area contributed by atoms with Crippen molar-refractivity contribution in [3.63, 3.8) is 0 Å². The Morgan fingerprint density at radius 3 is 2.61 bits per heavy atom. The maximum atomic E-state index is 2.52. The van der Waals surface area contributed by atoms with E-state index in [9.17, 15) is 0 Å². The molecule has 3 heteroatoms. The molecule has 0 aromatic heterocycles. The van der Waals surface area contributed by atoms with Crippen LogP contribution in [0.15, 0.2) is 42.3 Å². The molecule has 0 aliphatic carbocycles. The highest BCUT2D eigenvalue weighted by molar-refractivity contribution is 6.81. The van der Waals surface area contributed by atoms with Crippen LogP contribution in [0.25, 0.3) is 6.08 Å². The molecular weight excluding hydrogens is 216 g/mol. The van der Waals surface area contributed by atoms with Crippen LogP contribution in [-0.2, 0) is 0 Å². The van der Waals surface area contributed by atoms with E-state index in [2.05, 4.69) is 80.6 Å². The van der Waals surface area contributed by atoms with E-state index >= 15 is 0 Å². The largest absolute Gasteiger partial charge is 0.442 e. The van der Waals surface area contributed by atoms with Crippen molar-refractivity contribution >= 4 is 24.8 Å². The molecule has 0 spiro atoms. The molecule has 0 atom stereocenters. The summed E-state index contributed by atoms with van der Waals surface area (Å²) in [5, 5.41) is 0. The Labute approximate surface area is 112 Å². The molecule has 1 aliphatic rings. The fourth-order valence-electron chi connectivity index (χ4n) is 2.53. The predicted octanol–water partition coefficient (Wildman–Crippen LogP) is 4.04. The first-order valence-electron chi connectivity index (χ1n) is 6.97. The van der Waals surface area contributed by atoms with Gasteiger partial charge in [0.25, 0.3) is 0 Å². The van der Waals surface area contributed by atoms with Gasteiger partial charge < -0.3 is 4.81 Å². The summed E-state index contributed by atoms with van der Waals surface area (Å²) in [7, 11) is 0. The molecule has 0 saturated heterocycles. The lowest BCUT2D eigenvalue weighted by Crippen LogP contribution is -2.48. The summed E-state index contributed by atoms with van der Waals surface area (Å²) >= 11 is 0. The molecule has 0 saturated carbocycles. The Kier molecular flexibility index (Phi) is 3.70. The molecule has 94 valence electrons. The zero-order valence-corrected chi connectivity index (χ0v) is 11.9. The van der Waals surface area contributed by atoms with Gasteiger partial charge in [0.1, 0.15) is 0 Å². The highest BCUT2D eigenvalue weighted by atomic mass is 15.1. The van der Waals surface area contributed by atoms with Crippen molar-refractivity contribution in [1.82, 2.24) is 0 Å². The van der Waals surface area contributed by atoms with Gasteiger partial charge in [0.2, 0.25) is 0 Å². The maximum absolute atomic E-state index is 2.52. The number of anilines is 1. The lowest BCUT2D eigenvalue weighted by molar-refractivity contribution is 1.19. The molecule has 1 nitrogen and oxygen atoms in total. The molecule has 0 amide bonds. The summed E-state index contributed by atoms with van der Waals surface area (Å²) in [5.41, 5.74) is 2.69. The van der Waals surface area contributed by atoms with Crippen LogP contribution in [0, 0.1) is 0 Å². The van der Waals surface area contributed by atoms with Gasteiger partial charge >= 0.3 is 6.85 Å². The summed E-state index contributed by atoms with van der Waals surface area (Å²) in [5.74, 6) is 4.57. The number of nitrogens with zero attached hydrogens (tertiary/aromatic N) is 1. The van der Waals surface area contributed by atoms with E-state index < -0.39 is 0 Å². The number of para-hydroxylation sites is 1. The van der Waals surface area contributed by atoms with Gasteiger partial charge in [-0.15, -0.1) is 6.44 Å². The summed E-state index contributed by atoms with van der Waals surface area (Å²) in [6, 6.07) is 8.67. The number of rotatable bonds is 3. The van der Waals surface area contributed by atoms with Gasteiger partial charge in [-0.3, -0.25) is 0 Å². The second kappa shape index (κ2) is 5.09. The fraction of sp³-hybridized carbons (Fsp3) is 0.333. The average molecular weight is 238 g/mol. The third-order valence-corrected chi connectivity index (χ3v) is 3.21. The summed E-state index contributed by atoms with van der Waals surface area (Å²) in [6.45, 7) is 9.55. The normalized spacial score (nSPS) is 15.3. The van der Waals surface area contributed by atoms with Crippen LogP contribution in [0.4, 0.5) is 5.69 Å². The lowest BCUT2D eigenvalue weighted by Gasteiger charge is -2.41. The molecule has 1 aromatic carbocycles. The van der Waals surface area contributed by atoms with E-state index in [1.165, 1.54) is 11.3 Å². The minimum atomic E-state index is -0.347. The van der Waals surface area contributed by atoms with Crippen molar-refractivity contribution in [3.8, 4) is 0 Å². The second-order valence-electron chi connectivity index (χ2n) is 6.54. The Morgan fingerprint density at radius 1 is 1.22 bits per heavy atom. The molecule has 1 heterocycles. The van der Waals surface area contributed by atoms with Crippen molar-refractivity contribution in [3.05, 3.63) is 47.9 Å². The van der Waals surface area contributed by atoms with Gasteiger partial charge in [-0.25, -0.2) is 0 Å². The van der Waals surface area contributed by atoms with Gasteiger partial charge in [-0.05, 0) is 18.6 Å². The molecule has 0 unspecified atom stereocenters. The number of hydrogen-bond acceptors (Lipinski definition) is 1. The lowest BCUT2D eigenvalue weighted by atomic mass is 9.29. The third-order valence-electron chi connectivity index (χ3n) is 3.21. The maximum Gasteiger partial charge on any atom is 0.305 e. The van der Waals surface area contributed by atoms with Crippen molar-refractivity contribution in [2.75, 3.05) is 11.3 Å². The highest BCUT2D eigenvalue weighted by Gasteiger charge is 2.24. The van der Waals surface area contributed by atoms with Crippen LogP contribution in [0.3, 0.4) is 0 Å². The van der Waals surface area contributed by atoms with Crippen LogP contribution in [0.2, 0.25) is 20.5 Å². The number of fused-ring (bicyclic) bond motifs is 1. The van der Waals surface area contributed by atoms with Crippen LogP contribution < -0.4 is 4.81 Å². The molecule has 1 aromatic rings. The number of benzene rings is 1. The van der Waals surface area contributed by atoms with Crippen molar-refractivity contribution in [1.29, 1.82) is 0 Å². The van der Waals surface area contributed by atoms with Gasteiger partial charge in [-0.2, -0.15) is 20.5 Å². The topological polar surface area (TPSA) is 3.24 Å². The number of hydrogen-bond donors (Lipinski definition) is 0. The summed E-state index contributed by atoms with van der Waals surface area (Å²) in [6.07, 6.45) is 5.16. The highest BCUT2D eigenvalue weighted by Crippen LogP contribution is 2.28. The van der Waals surface area contributed by atoms with Crippen LogP contribution in [0.5, 0.6) is 0 Å². The fourth-order valence-corrected chi connectivity index (χ4v) is 2.53. The first-order valence-corrected chi connectivity index (χ1v) is 6.97. The average Bonchev–Trinajstić information content (AvgIpc) is 2.31. The van der Waals surface area contributed by atoms with Crippen molar-refractivity contribution < 1.29 is 0 Å². The minimum absolute atomic E-state index is 0.347. The Balaban J connectivity index is 2.38.